The summed E-state index contributed by atoms with van der Waals surface area (Å²) in [5.74, 6) is -14.3. The van der Waals surface area contributed by atoms with Gasteiger partial charge in [-0.3, -0.25) is 0 Å². The topological polar surface area (TPSA) is 9.23 Å². The summed E-state index contributed by atoms with van der Waals surface area (Å²) in [6.07, 6.45) is 0. The van der Waals surface area contributed by atoms with Crippen LogP contribution >= 0.6 is 15.9 Å². The molecule has 0 aliphatic heterocycles. The zero-order valence-electron chi connectivity index (χ0n) is 9.29. The van der Waals surface area contributed by atoms with E-state index in [-0.39, 0.29) is 4.47 Å². The van der Waals surface area contributed by atoms with Gasteiger partial charge in [0, 0.05) is 4.47 Å². The van der Waals surface area contributed by atoms with Crippen LogP contribution in [0, 0.1) is 34.9 Å². The van der Waals surface area contributed by atoms with Gasteiger partial charge < -0.3 is 4.74 Å². The Morgan fingerprint density at radius 3 is 1.80 bits per heavy atom. The molecule has 20 heavy (non-hydrogen) atoms. The summed E-state index contributed by atoms with van der Waals surface area (Å²) in [6.45, 7) is 0. The van der Waals surface area contributed by atoms with Crippen LogP contribution in [0.1, 0.15) is 0 Å². The molecule has 0 saturated heterocycles. The first-order valence-corrected chi connectivity index (χ1v) is 5.76. The first-order chi connectivity index (χ1) is 9.32. The monoisotopic (exact) mass is 356 g/mol. The lowest BCUT2D eigenvalue weighted by atomic mass is 10.2. The van der Waals surface area contributed by atoms with Crippen molar-refractivity contribution in [3.05, 3.63) is 57.6 Å². The van der Waals surface area contributed by atoms with E-state index < -0.39 is 46.4 Å². The predicted octanol–water partition coefficient (Wildman–Crippen LogP) is 5.08. The van der Waals surface area contributed by atoms with E-state index in [1.807, 2.05) is 0 Å². The molecule has 0 atom stereocenters. The lowest BCUT2D eigenvalue weighted by molar-refractivity contribution is 0.326. The lowest BCUT2D eigenvalue weighted by Gasteiger charge is -2.10. The van der Waals surface area contributed by atoms with Crippen LogP contribution in [-0.4, -0.2) is 0 Å². The van der Waals surface area contributed by atoms with Crippen molar-refractivity contribution in [1.82, 2.24) is 0 Å². The molecule has 2 aromatic carbocycles. The smallest absolute Gasteiger partial charge is 0.207 e. The van der Waals surface area contributed by atoms with Crippen molar-refractivity contribution in [2.75, 3.05) is 0 Å². The normalized spacial score (nSPS) is 10.8. The van der Waals surface area contributed by atoms with Gasteiger partial charge in [0.1, 0.15) is 0 Å². The molecular formula is C12H3BrF6O. The maximum absolute atomic E-state index is 13.3. The summed E-state index contributed by atoms with van der Waals surface area (Å²) in [4.78, 5) is 0. The highest BCUT2D eigenvalue weighted by molar-refractivity contribution is 9.10. The molecule has 0 aromatic heterocycles. The van der Waals surface area contributed by atoms with Crippen LogP contribution in [0.15, 0.2) is 22.7 Å². The van der Waals surface area contributed by atoms with E-state index in [1.165, 1.54) is 6.07 Å². The van der Waals surface area contributed by atoms with Crippen LogP contribution in [0.4, 0.5) is 26.3 Å². The molecule has 0 aliphatic carbocycles. The lowest BCUT2D eigenvalue weighted by Crippen LogP contribution is -2.04. The van der Waals surface area contributed by atoms with Crippen molar-refractivity contribution in [2.45, 2.75) is 0 Å². The van der Waals surface area contributed by atoms with Gasteiger partial charge >= 0.3 is 0 Å². The number of benzene rings is 2. The second-order valence-electron chi connectivity index (χ2n) is 3.58. The Labute approximate surface area is 116 Å². The van der Waals surface area contributed by atoms with E-state index >= 15 is 0 Å². The largest absolute Gasteiger partial charge is 0.448 e. The molecule has 0 heterocycles. The van der Waals surface area contributed by atoms with Crippen LogP contribution in [0.5, 0.6) is 11.5 Å². The maximum Gasteiger partial charge on any atom is 0.207 e. The molecule has 0 unspecified atom stereocenters. The molecule has 2 aromatic rings. The summed E-state index contributed by atoms with van der Waals surface area (Å²) >= 11 is 2.94. The van der Waals surface area contributed by atoms with Crippen molar-refractivity contribution in [2.24, 2.45) is 0 Å². The number of halogens is 7. The molecule has 0 saturated carbocycles. The quantitative estimate of drug-likeness (QED) is 0.414. The minimum absolute atomic E-state index is 0.290. The average Bonchev–Trinajstić information content (AvgIpc) is 2.43. The van der Waals surface area contributed by atoms with E-state index in [2.05, 4.69) is 20.7 Å². The summed E-state index contributed by atoms with van der Waals surface area (Å²) in [5, 5.41) is 0. The molecule has 2 rings (SSSR count). The SMILES string of the molecule is Fc1ccc(Br)cc1Oc1c(F)c(F)c(F)c(F)c1F. The predicted molar refractivity (Wildman–Crippen MR) is 60.4 cm³/mol. The molecule has 0 aliphatic rings. The van der Waals surface area contributed by atoms with E-state index in [4.69, 9.17) is 0 Å². The van der Waals surface area contributed by atoms with Crippen molar-refractivity contribution >= 4 is 15.9 Å². The zero-order valence-corrected chi connectivity index (χ0v) is 10.9. The average molecular weight is 357 g/mol. The second kappa shape index (κ2) is 5.35. The van der Waals surface area contributed by atoms with Crippen molar-refractivity contribution < 1.29 is 31.1 Å². The van der Waals surface area contributed by atoms with Crippen molar-refractivity contribution in [3.8, 4) is 11.5 Å². The second-order valence-corrected chi connectivity index (χ2v) is 4.49. The van der Waals surface area contributed by atoms with Gasteiger partial charge in [-0.05, 0) is 18.2 Å². The molecule has 8 heteroatoms. The van der Waals surface area contributed by atoms with E-state index in [9.17, 15) is 26.3 Å². The number of hydrogen-bond acceptors (Lipinski definition) is 1. The third-order valence-corrected chi connectivity index (χ3v) is 2.77. The number of rotatable bonds is 2. The third kappa shape index (κ3) is 2.47. The first-order valence-electron chi connectivity index (χ1n) is 4.97. The molecule has 0 spiro atoms. The van der Waals surface area contributed by atoms with Gasteiger partial charge in [0.05, 0.1) is 0 Å². The molecule has 1 nitrogen and oxygen atoms in total. The Kier molecular flexibility index (Phi) is 3.94. The highest BCUT2D eigenvalue weighted by Crippen LogP contribution is 2.34. The van der Waals surface area contributed by atoms with Crippen LogP contribution in [-0.2, 0) is 0 Å². The highest BCUT2D eigenvalue weighted by Gasteiger charge is 2.28. The van der Waals surface area contributed by atoms with Crippen LogP contribution < -0.4 is 4.74 Å². The fourth-order valence-electron chi connectivity index (χ4n) is 1.34. The Balaban J connectivity index is 2.57. The summed E-state index contributed by atoms with van der Waals surface area (Å²) in [7, 11) is 0. The molecule has 0 amide bonds. The maximum atomic E-state index is 13.3. The highest BCUT2D eigenvalue weighted by atomic mass is 79.9. The molecule has 0 bridgehead atoms. The summed E-state index contributed by atoms with van der Waals surface area (Å²) in [6, 6.07) is 3.14. The molecule has 0 N–H and O–H groups in total. The molecule has 0 radical (unpaired) electrons. The minimum Gasteiger partial charge on any atom is -0.448 e. The zero-order chi connectivity index (χ0) is 15.0. The van der Waals surface area contributed by atoms with E-state index in [0.717, 1.165) is 12.1 Å². The van der Waals surface area contributed by atoms with Crippen LogP contribution in [0.25, 0.3) is 0 Å². The van der Waals surface area contributed by atoms with Crippen molar-refractivity contribution in [3.63, 3.8) is 0 Å². The first kappa shape index (κ1) is 14.7. The van der Waals surface area contributed by atoms with Crippen LogP contribution in [0.2, 0.25) is 0 Å². The van der Waals surface area contributed by atoms with Gasteiger partial charge in [-0.1, -0.05) is 15.9 Å². The van der Waals surface area contributed by atoms with Gasteiger partial charge in [-0.2, -0.15) is 8.78 Å². The number of ether oxygens (including phenoxy) is 1. The third-order valence-electron chi connectivity index (χ3n) is 2.27. The van der Waals surface area contributed by atoms with Crippen LogP contribution in [0.3, 0.4) is 0 Å². The van der Waals surface area contributed by atoms with Gasteiger partial charge in [0.2, 0.25) is 34.8 Å². The summed E-state index contributed by atoms with van der Waals surface area (Å²) in [5.41, 5.74) is 0. The Morgan fingerprint density at radius 2 is 1.25 bits per heavy atom. The molecule has 106 valence electrons. The number of hydrogen-bond donors (Lipinski definition) is 0. The Morgan fingerprint density at radius 1 is 0.750 bits per heavy atom. The minimum atomic E-state index is -2.32. The fraction of sp³-hybridized carbons (Fsp3) is 0. The summed E-state index contributed by atoms with van der Waals surface area (Å²) < 4.78 is 83.5. The fourth-order valence-corrected chi connectivity index (χ4v) is 1.68. The molecule has 0 fully saturated rings. The van der Waals surface area contributed by atoms with Gasteiger partial charge in [-0.15, -0.1) is 0 Å². The Hall–Kier alpha value is -1.70. The van der Waals surface area contributed by atoms with Gasteiger partial charge in [0.25, 0.3) is 0 Å². The van der Waals surface area contributed by atoms with E-state index in [1.54, 1.807) is 0 Å². The Bertz CT molecular complexity index is 659. The standard InChI is InChI=1S/C12H3BrF6O/c13-4-1-2-5(14)6(3-4)20-12-10(18)8(16)7(15)9(17)11(12)19/h1-3H. The van der Waals surface area contributed by atoms with Crippen molar-refractivity contribution in [1.29, 1.82) is 0 Å². The van der Waals surface area contributed by atoms with Gasteiger partial charge in [0.15, 0.2) is 11.6 Å². The van der Waals surface area contributed by atoms with E-state index in [0.29, 0.717) is 0 Å². The molecular weight excluding hydrogens is 354 g/mol. The van der Waals surface area contributed by atoms with Gasteiger partial charge in [-0.25, -0.2) is 17.6 Å².